The van der Waals surface area contributed by atoms with E-state index in [1.807, 2.05) is 9.71 Å². The van der Waals surface area contributed by atoms with Crippen LogP contribution in [0.5, 0.6) is 0 Å². The van der Waals surface area contributed by atoms with E-state index in [0.29, 0.717) is 0 Å². The number of ether oxygens (including phenoxy) is 1. The van der Waals surface area contributed by atoms with Gasteiger partial charge in [-0.3, -0.25) is 4.79 Å². The van der Waals surface area contributed by atoms with Crippen molar-refractivity contribution in [2.24, 2.45) is 0 Å². The van der Waals surface area contributed by atoms with Crippen LogP contribution in [0.25, 0.3) is 0 Å². The third-order valence-electron chi connectivity index (χ3n) is 5.11. The van der Waals surface area contributed by atoms with Gasteiger partial charge < -0.3 is 14.4 Å². The van der Waals surface area contributed by atoms with Crippen LogP contribution < -0.4 is 4.90 Å². The van der Waals surface area contributed by atoms with Gasteiger partial charge >= 0.3 is 0 Å². The van der Waals surface area contributed by atoms with Crippen LogP contribution in [0.1, 0.15) is 37.0 Å². The molecule has 5 heteroatoms. The first kappa shape index (κ1) is 16.5. The fourth-order valence-corrected chi connectivity index (χ4v) is 3.78. The lowest BCUT2D eigenvalue weighted by Gasteiger charge is -2.44. The fourth-order valence-electron chi connectivity index (χ4n) is 3.78. The van der Waals surface area contributed by atoms with Gasteiger partial charge in [0.15, 0.2) is 7.98 Å². The molecule has 0 atom stereocenters. The molecule has 0 aromatic heterocycles. The topological polar surface area (TPSA) is 32.8 Å². The average molecular weight is 312 g/mol. The molecule has 2 aliphatic rings. The molecule has 122 valence electrons. The third kappa shape index (κ3) is 3.17. The summed E-state index contributed by atoms with van der Waals surface area (Å²) in [6, 6.07) is 4.52. The van der Waals surface area contributed by atoms with Gasteiger partial charge in [0.25, 0.3) is 5.91 Å². The maximum atomic E-state index is 12.6. The monoisotopic (exact) mass is 312 g/mol. The Hall–Kier alpha value is -1.33. The summed E-state index contributed by atoms with van der Waals surface area (Å²) in [6.07, 6.45) is 3.90. The fraction of sp³-hybridized carbons (Fsp3) is 0.611. The molecule has 1 aromatic rings. The van der Waals surface area contributed by atoms with Crippen molar-refractivity contribution < 1.29 is 9.53 Å². The van der Waals surface area contributed by atoms with Crippen molar-refractivity contribution in [1.82, 2.24) is 4.81 Å². The van der Waals surface area contributed by atoms with E-state index in [9.17, 15) is 4.79 Å². The van der Waals surface area contributed by atoms with Crippen LogP contribution in [-0.2, 0) is 28.8 Å². The first-order valence-electron chi connectivity index (χ1n) is 8.38. The highest BCUT2D eigenvalue weighted by atomic mass is 16.5. The zero-order valence-electron chi connectivity index (χ0n) is 14.4. The minimum absolute atomic E-state index is 0.0347. The van der Waals surface area contributed by atoms with Crippen molar-refractivity contribution in [2.45, 2.75) is 45.1 Å². The largest absolute Gasteiger partial charge is 0.375 e. The molecule has 0 N–H and O–H groups in total. The van der Waals surface area contributed by atoms with Crippen molar-refractivity contribution in [3.63, 3.8) is 0 Å². The number of aryl methyl sites for hydroxylation is 1. The maximum absolute atomic E-state index is 12.6. The number of methoxy groups -OCH3 is 1. The summed E-state index contributed by atoms with van der Waals surface area (Å²) in [5.41, 5.74) is 4.87. The zero-order chi connectivity index (χ0) is 16.6. The number of hydrogen-bond acceptors (Lipinski definition) is 3. The quantitative estimate of drug-likeness (QED) is 0.782. The van der Waals surface area contributed by atoms with Crippen LogP contribution >= 0.6 is 0 Å². The van der Waals surface area contributed by atoms with Gasteiger partial charge in [0, 0.05) is 18.3 Å². The van der Waals surface area contributed by atoms with Gasteiger partial charge in [-0.1, -0.05) is 6.07 Å². The predicted octanol–water partition coefficient (Wildman–Crippen LogP) is 1.87. The summed E-state index contributed by atoms with van der Waals surface area (Å²) >= 11 is 0. The number of hydrogen-bond donors (Lipinski definition) is 0. The number of rotatable bonds is 2. The van der Waals surface area contributed by atoms with E-state index in [4.69, 9.17) is 12.7 Å². The van der Waals surface area contributed by atoms with Crippen molar-refractivity contribution >= 4 is 19.6 Å². The number of anilines is 1. The molecule has 0 aliphatic carbocycles. The Morgan fingerprint density at radius 2 is 1.83 bits per heavy atom. The van der Waals surface area contributed by atoms with Gasteiger partial charge in [0.1, 0.15) is 6.61 Å². The van der Waals surface area contributed by atoms with Crippen molar-refractivity contribution in [3.8, 4) is 0 Å². The summed E-state index contributed by atoms with van der Waals surface area (Å²) < 4.78 is 5.10. The lowest BCUT2D eigenvalue weighted by molar-refractivity contribution is -0.123. The zero-order valence-corrected chi connectivity index (χ0v) is 14.4. The molecule has 0 saturated heterocycles. The second-order valence-corrected chi connectivity index (χ2v) is 7.26. The lowest BCUT2D eigenvalue weighted by atomic mass is 9.84. The van der Waals surface area contributed by atoms with Crippen LogP contribution in [0.2, 0.25) is 0 Å². The molecule has 3 rings (SSSR count). The standard InChI is InChI=1S/C18H25BN2O2/c1-18(2)7-4-15-10-13-5-8-20(19)9-6-14(13)11-16(15)21(18)17(22)12-23-3/h10-11H,4-9,12H2,1-3H3. The van der Waals surface area contributed by atoms with Crippen molar-refractivity contribution in [2.75, 3.05) is 31.7 Å². The molecule has 0 saturated carbocycles. The molecule has 2 aliphatic heterocycles. The smallest absolute Gasteiger partial charge is 0.253 e. The van der Waals surface area contributed by atoms with Crippen LogP contribution in [0, 0.1) is 0 Å². The number of carbonyl (C=O) groups excluding carboxylic acids is 1. The number of carbonyl (C=O) groups is 1. The van der Waals surface area contributed by atoms with Crippen LogP contribution in [0.4, 0.5) is 5.69 Å². The van der Waals surface area contributed by atoms with E-state index < -0.39 is 0 Å². The van der Waals surface area contributed by atoms with Gasteiger partial charge in [0.2, 0.25) is 0 Å². The molecule has 0 bridgehead atoms. The molecule has 23 heavy (non-hydrogen) atoms. The highest BCUT2D eigenvalue weighted by Crippen LogP contribution is 2.39. The van der Waals surface area contributed by atoms with E-state index in [2.05, 4.69) is 26.0 Å². The Labute approximate surface area is 140 Å². The Bertz CT molecular complexity index is 615. The van der Waals surface area contributed by atoms with Crippen LogP contribution in [-0.4, -0.2) is 51.0 Å². The Balaban J connectivity index is 2.03. The summed E-state index contributed by atoms with van der Waals surface area (Å²) in [7, 11) is 7.55. The number of nitrogens with zero attached hydrogens (tertiary/aromatic N) is 2. The number of benzene rings is 1. The first-order chi connectivity index (χ1) is 10.9. The van der Waals surface area contributed by atoms with E-state index in [0.717, 1.165) is 44.5 Å². The van der Waals surface area contributed by atoms with E-state index in [1.54, 1.807) is 7.11 Å². The van der Waals surface area contributed by atoms with Gasteiger partial charge in [-0.05, 0) is 75.4 Å². The summed E-state index contributed by atoms with van der Waals surface area (Å²) in [5, 5.41) is 0. The highest BCUT2D eigenvalue weighted by molar-refractivity contribution is 6.04. The molecule has 1 aromatic carbocycles. The van der Waals surface area contributed by atoms with Gasteiger partial charge in [-0.15, -0.1) is 0 Å². The highest BCUT2D eigenvalue weighted by Gasteiger charge is 2.37. The summed E-state index contributed by atoms with van der Waals surface area (Å²) in [5.74, 6) is 0.0347. The van der Waals surface area contributed by atoms with Crippen molar-refractivity contribution in [3.05, 3.63) is 28.8 Å². The normalized spacial score (nSPS) is 20.6. The Kier molecular flexibility index (Phi) is 4.52. The number of amides is 1. The summed E-state index contributed by atoms with van der Waals surface area (Å²) in [6.45, 7) is 6.15. The number of fused-ring (bicyclic) bond motifs is 2. The maximum Gasteiger partial charge on any atom is 0.253 e. The molecule has 4 nitrogen and oxygen atoms in total. The first-order valence-corrected chi connectivity index (χ1v) is 8.38. The van der Waals surface area contributed by atoms with Crippen molar-refractivity contribution in [1.29, 1.82) is 0 Å². The second-order valence-electron chi connectivity index (χ2n) is 7.26. The molecule has 2 radical (unpaired) electrons. The third-order valence-corrected chi connectivity index (χ3v) is 5.11. The molecule has 0 unspecified atom stereocenters. The SMILES string of the molecule is [B]N1CCc2cc3c(cc2CC1)N(C(=O)COC)C(C)(C)CC3. The minimum atomic E-state index is -0.179. The Morgan fingerprint density at radius 3 is 2.48 bits per heavy atom. The molecule has 0 fully saturated rings. The predicted molar refractivity (Wildman–Crippen MR) is 92.9 cm³/mol. The molecular formula is C18H25BN2O2. The van der Waals surface area contributed by atoms with E-state index >= 15 is 0 Å². The van der Waals surface area contributed by atoms with E-state index in [1.165, 1.54) is 16.7 Å². The minimum Gasteiger partial charge on any atom is -0.375 e. The molecular weight excluding hydrogens is 287 g/mol. The molecule has 2 heterocycles. The van der Waals surface area contributed by atoms with Crippen LogP contribution in [0.15, 0.2) is 12.1 Å². The molecule has 0 spiro atoms. The van der Waals surface area contributed by atoms with Gasteiger partial charge in [-0.25, -0.2) is 0 Å². The van der Waals surface area contributed by atoms with Gasteiger partial charge in [-0.2, -0.15) is 0 Å². The average Bonchev–Trinajstić information content (AvgIpc) is 2.67. The second kappa shape index (κ2) is 6.29. The summed E-state index contributed by atoms with van der Waals surface area (Å²) in [4.78, 5) is 16.5. The van der Waals surface area contributed by atoms with E-state index in [-0.39, 0.29) is 18.1 Å². The van der Waals surface area contributed by atoms with Crippen LogP contribution in [0.3, 0.4) is 0 Å². The Morgan fingerprint density at radius 1 is 1.17 bits per heavy atom. The lowest BCUT2D eigenvalue weighted by Crippen LogP contribution is -2.52. The van der Waals surface area contributed by atoms with Gasteiger partial charge in [0.05, 0.1) is 0 Å². The molecule has 1 amide bonds.